The third-order valence-electron chi connectivity index (χ3n) is 3.31. The van der Waals surface area contributed by atoms with Gasteiger partial charge in [-0.15, -0.1) is 0 Å². The van der Waals surface area contributed by atoms with Crippen molar-refractivity contribution in [1.82, 2.24) is 15.2 Å². The number of anilines is 2. The Balaban J connectivity index is 1.90. The Hall–Kier alpha value is -2.60. The second-order valence-electron chi connectivity index (χ2n) is 5.57. The third-order valence-corrected chi connectivity index (χ3v) is 3.31. The smallest absolute Gasteiger partial charge is 0.252 e. The number of hydrogen-bond donors (Lipinski definition) is 2. The van der Waals surface area contributed by atoms with Crippen LogP contribution < -0.4 is 15.4 Å². The lowest BCUT2D eigenvalue weighted by atomic mass is 10.2. The number of benzene rings is 1. The molecule has 0 saturated heterocycles. The van der Waals surface area contributed by atoms with E-state index in [2.05, 4.69) is 15.6 Å². The van der Waals surface area contributed by atoms with E-state index in [9.17, 15) is 4.79 Å². The van der Waals surface area contributed by atoms with Gasteiger partial charge in [0.2, 0.25) is 0 Å². The maximum atomic E-state index is 12.0. The van der Waals surface area contributed by atoms with Gasteiger partial charge in [-0.05, 0) is 57.4 Å². The van der Waals surface area contributed by atoms with Gasteiger partial charge in [-0.25, -0.2) is 4.98 Å². The monoisotopic (exact) mass is 328 g/mol. The third kappa shape index (κ3) is 5.55. The molecule has 2 rings (SSSR count). The molecule has 0 unspecified atom stereocenters. The zero-order valence-corrected chi connectivity index (χ0v) is 14.4. The highest BCUT2D eigenvalue weighted by molar-refractivity contribution is 5.94. The average Bonchev–Trinajstić information content (AvgIpc) is 2.57. The minimum atomic E-state index is -0.114. The summed E-state index contributed by atoms with van der Waals surface area (Å²) in [5.41, 5.74) is 1.46. The van der Waals surface area contributed by atoms with Crippen LogP contribution in [-0.4, -0.2) is 49.6 Å². The number of amides is 1. The van der Waals surface area contributed by atoms with Crippen molar-refractivity contribution < 1.29 is 9.53 Å². The number of aromatic nitrogens is 1. The van der Waals surface area contributed by atoms with Gasteiger partial charge in [-0.1, -0.05) is 0 Å². The van der Waals surface area contributed by atoms with E-state index in [0.29, 0.717) is 24.5 Å². The van der Waals surface area contributed by atoms with Crippen molar-refractivity contribution in [3.05, 3.63) is 48.2 Å². The van der Waals surface area contributed by atoms with E-state index in [4.69, 9.17) is 4.74 Å². The SMILES string of the molecule is CCOc1ccc(Nc2ccc(C(=O)NCCN(C)C)cn2)cc1. The first-order chi connectivity index (χ1) is 11.6. The number of rotatable bonds is 8. The lowest BCUT2D eigenvalue weighted by Crippen LogP contribution is -2.31. The molecule has 6 heteroatoms. The van der Waals surface area contributed by atoms with Crippen LogP contribution >= 0.6 is 0 Å². The molecule has 0 radical (unpaired) electrons. The van der Waals surface area contributed by atoms with Gasteiger partial charge in [0.15, 0.2) is 0 Å². The Morgan fingerprint density at radius 1 is 1.17 bits per heavy atom. The second-order valence-corrected chi connectivity index (χ2v) is 5.57. The largest absolute Gasteiger partial charge is 0.494 e. The van der Waals surface area contributed by atoms with E-state index in [1.807, 2.05) is 50.2 Å². The molecule has 0 aliphatic heterocycles. The fourth-order valence-corrected chi connectivity index (χ4v) is 2.05. The van der Waals surface area contributed by atoms with E-state index < -0.39 is 0 Å². The highest BCUT2D eigenvalue weighted by Gasteiger charge is 2.06. The molecule has 0 atom stereocenters. The number of nitrogens with one attached hydrogen (secondary N) is 2. The van der Waals surface area contributed by atoms with Crippen molar-refractivity contribution >= 4 is 17.4 Å². The van der Waals surface area contributed by atoms with Crippen molar-refractivity contribution in [3.63, 3.8) is 0 Å². The van der Waals surface area contributed by atoms with Crippen molar-refractivity contribution in [2.24, 2.45) is 0 Å². The minimum Gasteiger partial charge on any atom is -0.494 e. The lowest BCUT2D eigenvalue weighted by Gasteiger charge is -2.11. The second kappa shape index (κ2) is 8.88. The van der Waals surface area contributed by atoms with Gasteiger partial charge in [0.1, 0.15) is 11.6 Å². The van der Waals surface area contributed by atoms with Crippen LogP contribution in [0, 0.1) is 0 Å². The highest BCUT2D eigenvalue weighted by atomic mass is 16.5. The zero-order valence-electron chi connectivity index (χ0n) is 14.4. The topological polar surface area (TPSA) is 66.5 Å². The number of carbonyl (C=O) groups excluding carboxylic acids is 1. The lowest BCUT2D eigenvalue weighted by molar-refractivity contribution is 0.0950. The molecular weight excluding hydrogens is 304 g/mol. The van der Waals surface area contributed by atoms with Gasteiger partial charge >= 0.3 is 0 Å². The Kier molecular flexibility index (Phi) is 6.57. The van der Waals surface area contributed by atoms with Gasteiger partial charge in [0.25, 0.3) is 5.91 Å². The summed E-state index contributed by atoms with van der Waals surface area (Å²) in [5, 5.41) is 6.06. The van der Waals surface area contributed by atoms with E-state index in [-0.39, 0.29) is 5.91 Å². The first kappa shape index (κ1) is 17.7. The molecule has 0 fully saturated rings. The summed E-state index contributed by atoms with van der Waals surface area (Å²) in [4.78, 5) is 18.3. The molecule has 6 nitrogen and oxygen atoms in total. The van der Waals surface area contributed by atoms with E-state index in [1.54, 1.807) is 18.3 Å². The van der Waals surface area contributed by atoms with Crippen LogP contribution in [0.1, 0.15) is 17.3 Å². The number of nitrogens with zero attached hydrogens (tertiary/aromatic N) is 2. The summed E-state index contributed by atoms with van der Waals surface area (Å²) in [5.74, 6) is 1.40. The van der Waals surface area contributed by atoms with Crippen molar-refractivity contribution in [2.45, 2.75) is 6.92 Å². The van der Waals surface area contributed by atoms with Crippen molar-refractivity contribution in [3.8, 4) is 5.75 Å². The normalized spacial score (nSPS) is 10.5. The van der Waals surface area contributed by atoms with Crippen molar-refractivity contribution in [2.75, 3.05) is 39.1 Å². The molecule has 1 aromatic carbocycles. The van der Waals surface area contributed by atoms with Crippen LogP contribution in [0.2, 0.25) is 0 Å². The number of hydrogen-bond acceptors (Lipinski definition) is 5. The average molecular weight is 328 g/mol. The minimum absolute atomic E-state index is 0.114. The predicted molar refractivity (Wildman–Crippen MR) is 96.0 cm³/mol. The maximum absolute atomic E-state index is 12.0. The molecule has 2 aromatic rings. The van der Waals surface area contributed by atoms with Crippen LogP contribution in [0.3, 0.4) is 0 Å². The van der Waals surface area contributed by atoms with Crippen LogP contribution in [0.15, 0.2) is 42.6 Å². The van der Waals surface area contributed by atoms with Gasteiger partial charge in [0.05, 0.1) is 12.2 Å². The summed E-state index contributed by atoms with van der Waals surface area (Å²) in [6.45, 7) is 4.01. The summed E-state index contributed by atoms with van der Waals surface area (Å²) < 4.78 is 5.41. The Labute approximate surface area is 142 Å². The van der Waals surface area contributed by atoms with E-state index >= 15 is 0 Å². The molecule has 1 heterocycles. The molecule has 0 bridgehead atoms. The van der Waals surface area contributed by atoms with Crippen LogP contribution in [-0.2, 0) is 0 Å². The molecule has 1 amide bonds. The highest BCUT2D eigenvalue weighted by Crippen LogP contribution is 2.19. The van der Waals surface area contributed by atoms with Gasteiger partial charge in [-0.3, -0.25) is 4.79 Å². The van der Waals surface area contributed by atoms with Crippen LogP contribution in [0.25, 0.3) is 0 Å². The molecule has 128 valence electrons. The number of carbonyl (C=O) groups is 1. The Morgan fingerprint density at radius 2 is 1.92 bits per heavy atom. The van der Waals surface area contributed by atoms with Crippen LogP contribution in [0.5, 0.6) is 5.75 Å². The van der Waals surface area contributed by atoms with Gasteiger partial charge in [0, 0.05) is 25.0 Å². The number of likely N-dealkylation sites (N-methyl/N-ethyl adjacent to an activating group) is 1. The van der Waals surface area contributed by atoms with Gasteiger partial charge in [-0.2, -0.15) is 0 Å². The fourth-order valence-electron chi connectivity index (χ4n) is 2.05. The zero-order chi connectivity index (χ0) is 17.4. The maximum Gasteiger partial charge on any atom is 0.252 e. The molecule has 0 aliphatic carbocycles. The fraction of sp³-hybridized carbons (Fsp3) is 0.333. The molecule has 24 heavy (non-hydrogen) atoms. The summed E-state index contributed by atoms with van der Waals surface area (Å²) in [6, 6.07) is 11.2. The molecule has 0 saturated carbocycles. The molecule has 0 spiro atoms. The van der Waals surface area contributed by atoms with E-state index in [0.717, 1.165) is 18.0 Å². The van der Waals surface area contributed by atoms with Crippen molar-refractivity contribution in [1.29, 1.82) is 0 Å². The molecule has 1 aromatic heterocycles. The molecule has 2 N–H and O–H groups in total. The Bertz CT molecular complexity index is 639. The summed E-state index contributed by atoms with van der Waals surface area (Å²) in [7, 11) is 3.93. The molecule has 0 aliphatic rings. The first-order valence-electron chi connectivity index (χ1n) is 7.97. The van der Waals surface area contributed by atoms with Gasteiger partial charge < -0.3 is 20.3 Å². The molecular formula is C18H24N4O2. The first-order valence-corrected chi connectivity index (χ1v) is 7.97. The number of ether oxygens (including phenoxy) is 1. The Morgan fingerprint density at radius 3 is 2.50 bits per heavy atom. The van der Waals surface area contributed by atoms with E-state index in [1.165, 1.54) is 0 Å². The number of pyridine rings is 1. The predicted octanol–water partition coefficient (Wildman–Crippen LogP) is 2.52. The summed E-state index contributed by atoms with van der Waals surface area (Å²) >= 11 is 0. The standard InChI is InChI=1S/C18H24N4O2/c1-4-24-16-8-6-15(7-9-16)21-17-10-5-14(13-20-17)18(23)19-11-12-22(2)3/h5-10,13H,4,11-12H2,1-3H3,(H,19,23)(H,20,21). The van der Waals surface area contributed by atoms with Crippen LogP contribution in [0.4, 0.5) is 11.5 Å². The quantitative estimate of drug-likeness (QED) is 0.779. The summed E-state index contributed by atoms with van der Waals surface area (Å²) in [6.07, 6.45) is 1.57.